The van der Waals surface area contributed by atoms with Crippen LogP contribution in [0.1, 0.15) is 12.8 Å². The van der Waals surface area contributed by atoms with Crippen LogP contribution in [0.25, 0.3) is 0 Å². The predicted octanol–water partition coefficient (Wildman–Crippen LogP) is 1.75. The molecule has 2 heterocycles. The van der Waals surface area contributed by atoms with E-state index >= 15 is 0 Å². The number of hydrogen-bond acceptors (Lipinski definition) is 7. The molecule has 2 aromatic rings. The number of aromatic nitrogens is 2. The van der Waals surface area contributed by atoms with E-state index in [1.165, 1.54) is 31.6 Å². The molecule has 0 saturated carbocycles. The molecular weight excluding hydrogens is 402 g/mol. The Morgan fingerprint density at radius 3 is 2.79 bits per heavy atom. The number of anilines is 2. The number of rotatable bonds is 7. The van der Waals surface area contributed by atoms with Gasteiger partial charge in [-0.05, 0) is 49.3 Å². The van der Waals surface area contributed by atoms with Crippen molar-refractivity contribution in [2.45, 2.75) is 23.8 Å². The molecule has 1 aliphatic heterocycles. The summed E-state index contributed by atoms with van der Waals surface area (Å²) in [5, 5.41) is 6.58. The van der Waals surface area contributed by atoms with E-state index in [1.54, 1.807) is 12.1 Å². The fraction of sp³-hybridized carbons (Fsp3) is 0.353. The molecule has 0 aliphatic carbocycles. The van der Waals surface area contributed by atoms with Crippen molar-refractivity contribution in [2.75, 3.05) is 30.3 Å². The lowest BCUT2D eigenvalue weighted by Crippen LogP contribution is -2.34. The van der Waals surface area contributed by atoms with Crippen molar-refractivity contribution < 1.29 is 17.9 Å². The summed E-state index contributed by atoms with van der Waals surface area (Å²) in [4.78, 5) is 7.81. The van der Waals surface area contributed by atoms with E-state index in [2.05, 4.69) is 25.3 Å². The van der Waals surface area contributed by atoms with Gasteiger partial charge in [-0.15, -0.1) is 0 Å². The summed E-state index contributed by atoms with van der Waals surface area (Å²) in [5.41, 5.74) is 0.674. The van der Waals surface area contributed by atoms with E-state index < -0.39 is 10.0 Å². The lowest BCUT2D eigenvalue weighted by Gasteiger charge is -2.14. The van der Waals surface area contributed by atoms with E-state index in [1.807, 2.05) is 0 Å². The molecule has 3 N–H and O–H groups in total. The van der Waals surface area contributed by atoms with Crippen molar-refractivity contribution >= 4 is 38.9 Å². The van der Waals surface area contributed by atoms with Crippen LogP contribution in [-0.2, 0) is 14.8 Å². The SMILES string of the molecule is COc1cc(NS(=O)(=O)c2ccc(NC(=S)NCC3CCCO3)cc2)ncn1. The summed E-state index contributed by atoms with van der Waals surface area (Å²) < 4.78 is 37.9. The number of ether oxygens (including phenoxy) is 2. The minimum absolute atomic E-state index is 0.0915. The number of nitrogens with zero attached hydrogens (tertiary/aromatic N) is 2. The third-order valence-electron chi connectivity index (χ3n) is 4.03. The monoisotopic (exact) mass is 423 g/mol. The molecule has 0 spiro atoms. The molecule has 11 heteroatoms. The third kappa shape index (κ3) is 5.50. The highest BCUT2D eigenvalue weighted by molar-refractivity contribution is 7.92. The second-order valence-electron chi connectivity index (χ2n) is 6.05. The Kier molecular flexibility index (Phi) is 6.60. The summed E-state index contributed by atoms with van der Waals surface area (Å²) >= 11 is 5.25. The van der Waals surface area contributed by atoms with E-state index in [4.69, 9.17) is 21.7 Å². The minimum atomic E-state index is -3.79. The first kappa shape index (κ1) is 20.2. The van der Waals surface area contributed by atoms with Gasteiger partial charge in [-0.1, -0.05) is 0 Å². The summed E-state index contributed by atoms with van der Waals surface area (Å²) in [7, 11) is -2.36. The number of nitrogens with one attached hydrogen (secondary N) is 3. The predicted molar refractivity (Wildman–Crippen MR) is 109 cm³/mol. The molecule has 28 heavy (non-hydrogen) atoms. The fourth-order valence-corrected chi connectivity index (χ4v) is 3.81. The second-order valence-corrected chi connectivity index (χ2v) is 8.14. The first-order chi connectivity index (χ1) is 13.5. The van der Waals surface area contributed by atoms with Crippen LogP contribution >= 0.6 is 12.2 Å². The highest BCUT2D eigenvalue weighted by Gasteiger charge is 2.17. The van der Waals surface area contributed by atoms with Crippen molar-refractivity contribution in [3.8, 4) is 5.88 Å². The van der Waals surface area contributed by atoms with Crippen molar-refractivity contribution in [1.29, 1.82) is 0 Å². The lowest BCUT2D eigenvalue weighted by atomic mass is 10.2. The average Bonchev–Trinajstić information content (AvgIpc) is 3.20. The van der Waals surface area contributed by atoms with E-state index in [-0.39, 0.29) is 22.7 Å². The van der Waals surface area contributed by atoms with Gasteiger partial charge in [0.05, 0.1) is 18.1 Å². The lowest BCUT2D eigenvalue weighted by molar-refractivity contribution is 0.114. The molecule has 9 nitrogen and oxygen atoms in total. The molecule has 0 radical (unpaired) electrons. The van der Waals surface area contributed by atoms with Gasteiger partial charge in [-0.25, -0.2) is 18.4 Å². The van der Waals surface area contributed by atoms with Gasteiger partial charge in [0.15, 0.2) is 5.11 Å². The summed E-state index contributed by atoms with van der Waals surface area (Å²) in [6, 6.07) is 7.62. The number of sulfonamides is 1. The molecule has 1 aromatic carbocycles. The van der Waals surface area contributed by atoms with Crippen LogP contribution in [0.4, 0.5) is 11.5 Å². The van der Waals surface area contributed by atoms with Gasteiger partial charge < -0.3 is 20.1 Å². The highest BCUT2D eigenvalue weighted by atomic mass is 32.2. The number of thiocarbonyl (C=S) groups is 1. The molecule has 0 bridgehead atoms. The smallest absolute Gasteiger partial charge is 0.263 e. The van der Waals surface area contributed by atoms with Gasteiger partial charge in [0, 0.05) is 24.9 Å². The van der Waals surface area contributed by atoms with Crippen LogP contribution in [0.5, 0.6) is 5.88 Å². The fourth-order valence-electron chi connectivity index (χ4n) is 2.61. The molecular formula is C17H21N5O4S2. The molecule has 1 unspecified atom stereocenters. The summed E-state index contributed by atoms with van der Waals surface area (Å²) in [5.74, 6) is 0.379. The summed E-state index contributed by atoms with van der Waals surface area (Å²) in [6.45, 7) is 1.43. The topological polar surface area (TPSA) is 114 Å². The van der Waals surface area contributed by atoms with Gasteiger partial charge in [0.2, 0.25) is 5.88 Å². The normalized spacial score (nSPS) is 16.4. The van der Waals surface area contributed by atoms with Crippen LogP contribution in [0, 0.1) is 0 Å². The largest absolute Gasteiger partial charge is 0.481 e. The summed E-state index contributed by atoms with van der Waals surface area (Å²) in [6.07, 6.45) is 3.48. The zero-order chi connectivity index (χ0) is 20.0. The maximum absolute atomic E-state index is 12.5. The Labute approximate surface area is 168 Å². The molecule has 0 amide bonds. The molecule has 1 fully saturated rings. The zero-order valence-electron chi connectivity index (χ0n) is 15.2. The van der Waals surface area contributed by atoms with Gasteiger partial charge >= 0.3 is 0 Å². The molecule has 1 saturated heterocycles. The first-order valence-corrected chi connectivity index (χ1v) is 10.5. The molecule has 150 valence electrons. The van der Waals surface area contributed by atoms with Crippen molar-refractivity contribution in [3.63, 3.8) is 0 Å². The Balaban J connectivity index is 1.58. The second kappa shape index (κ2) is 9.13. The zero-order valence-corrected chi connectivity index (χ0v) is 16.8. The van der Waals surface area contributed by atoms with Crippen LogP contribution in [-0.4, -0.2) is 49.9 Å². The Hall–Kier alpha value is -2.50. The van der Waals surface area contributed by atoms with Crippen molar-refractivity contribution in [1.82, 2.24) is 15.3 Å². The van der Waals surface area contributed by atoms with Crippen molar-refractivity contribution in [3.05, 3.63) is 36.7 Å². The number of methoxy groups -OCH3 is 1. The third-order valence-corrected chi connectivity index (χ3v) is 5.64. The van der Waals surface area contributed by atoms with Crippen LogP contribution < -0.4 is 20.1 Å². The van der Waals surface area contributed by atoms with E-state index in [9.17, 15) is 8.42 Å². The number of hydrogen-bond donors (Lipinski definition) is 3. The van der Waals surface area contributed by atoms with Crippen LogP contribution in [0.2, 0.25) is 0 Å². The Morgan fingerprint density at radius 2 is 2.11 bits per heavy atom. The Morgan fingerprint density at radius 1 is 1.32 bits per heavy atom. The highest BCUT2D eigenvalue weighted by Crippen LogP contribution is 2.19. The van der Waals surface area contributed by atoms with Gasteiger partial charge in [0.1, 0.15) is 12.1 Å². The van der Waals surface area contributed by atoms with Gasteiger partial charge in [0.25, 0.3) is 10.0 Å². The van der Waals surface area contributed by atoms with Crippen molar-refractivity contribution in [2.24, 2.45) is 0 Å². The average molecular weight is 424 g/mol. The van der Waals surface area contributed by atoms with Gasteiger partial charge in [-0.3, -0.25) is 4.72 Å². The maximum Gasteiger partial charge on any atom is 0.263 e. The molecule has 1 aliphatic rings. The first-order valence-electron chi connectivity index (χ1n) is 8.61. The molecule has 3 rings (SSSR count). The minimum Gasteiger partial charge on any atom is -0.481 e. The number of benzene rings is 1. The van der Waals surface area contributed by atoms with Crippen LogP contribution in [0.3, 0.4) is 0 Å². The maximum atomic E-state index is 12.5. The Bertz CT molecular complexity index is 915. The standard InChI is InChI=1S/C17H21N5O4S2/c1-25-16-9-15(19-11-20-16)22-28(23,24)14-6-4-12(5-7-14)21-17(27)18-10-13-3-2-8-26-13/h4-7,9,11,13H,2-3,8,10H2,1H3,(H2,18,21,27)(H,19,20,22). The van der Waals surface area contributed by atoms with E-state index in [0.29, 0.717) is 17.3 Å². The van der Waals surface area contributed by atoms with E-state index in [0.717, 1.165) is 19.4 Å². The quantitative estimate of drug-likeness (QED) is 0.573. The van der Waals surface area contributed by atoms with Gasteiger partial charge in [-0.2, -0.15) is 0 Å². The molecule has 1 atom stereocenters. The molecule has 1 aromatic heterocycles. The van der Waals surface area contributed by atoms with Crippen LogP contribution in [0.15, 0.2) is 41.6 Å².